The number of benzene rings is 2. The quantitative estimate of drug-likeness (QED) is 0.351. The SMILES string of the molecule is Cc1cncc(-c2nc(NCc3nc4ccccc4s3)c3c(-c4ccccc4)ccn3n2)c1. The standard InChI is InChI=1S/C26H20N6S/c1-17-13-19(15-27-14-17)25-30-26(28-16-23-29-21-9-5-6-10-22(21)33-23)24-20(11-12-32(24)31-25)18-7-3-2-4-8-18/h2-15H,16H2,1H3,(H,28,30,31). The summed E-state index contributed by atoms with van der Waals surface area (Å²) in [5.41, 5.74) is 6.11. The number of anilines is 1. The number of pyridine rings is 1. The van der Waals surface area contributed by atoms with Crippen LogP contribution in [0, 0.1) is 6.92 Å². The number of rotatable bonds is 5. The van der Waals surface area contributed by atoms with Crippen LogP contribution in [0.3, 0.4) is 0 Å². The third-order valence-corrected chi connectivity index (χ3v) is 6.51. The molecule has 33 heavy (non-hydrogen) atoms. The number of nitrogens with one attached hydrogen (secondary N) is 1. The maximum atomic E-state index is 4.93. The Kier molecular flexibility index (Phi) is 4.81. The fourth-order valence-electron chi connectivity index (χ4n) is 3.95. The Balaban J connectivity index is 1.46. The summed E-state index contributed by atoms with van der Waals surface area (Å²) in [6.45, 7) is 2.60. The van der Waals surface area contributed by atoms with Gasteiger partial charge in [-0.1, -0.05) is 42.5 Å². The number of para-hydroxylation sites is 1. The van der Waals surface area contributed by atoms with Gasteiger partial charge in [0, 0.05) is 29.7 Å². The van der Waals surface area contributed by atoms with Gasteiger partial charge < -0.3 is 5.32 Å². The average molecular weight is 449 g/mol. The number of aryl methyl sites for hydroxylation is 1. The molecule has 0 unspecified atom stereocenters. The predicted octanol–water partition coefficient (Wildman–Crippen LogP) is 5.99. The largest absolute Gasteiger partial charge is 0.362 e. The number of aromatic nitrogens is 5. The molecular weight excluding hydrogens is 428 g/mol. The van der Waals surface area contributed by atoms with Crippen molar-refractivity contribution in [1.82, 2.24) is 24.6 Å². The topological polar surface area (TPSA) is 68.0 Å². The van der Waals surface area contributed by atoms with Crippen molar-refractivity contribution in [2.75, 3.05) is 5.32 Å². The Bertz CT molecular complexity index is 1550. The number of hydrogen-bond donors (Lipinski definition) is 1. The maximum absolute atomic E-state index is 4.93. The average Bonchev–Trinajstić information content (AvgIpc) is 3.47. The highest BCUT2D eigenvalue weighted by Crippen LogP contribution is 2.31. The van der Waals surface area contributed by atoms with Crippen molar-refractivity contribution in [3.63, 3.8) is 0 Å². The van der Waals surface area contributed by atoms with E-state index in [2.05, 4.69) is 34.6 Å². The third kappa shape index (κ3) is 3.72. The molecule has 0 atom stereocenters. The molecule has 7 heteroatoms. The normalized spacial score (nSPS) is 11.3. The second-order valence-electron chi connectivity index (χ2n) is 7.85. The van der Waals surface area contributed by atoms with E-state index >= 15 is 0 Å². The van der Waals surface area contributed by atoms with E-state index in [1.54, 1.807) is 17.5 Å². The van der Waals surface area contributed by atoms with Gasteiger partial charge >= 0.3 is 0 Å². The van der Waals surface area contributed by atoms with Gasteiger partial charge in [-0.3, -0.25) is 4.98 Å². The van der Waals surface area contributed by atoms with Crippen molar-refractivity contribution in [2.45, 2.75) is 13.5 Å². The van der Waals surface area contributed by atoms with Gasteiger partial charge in [-0.05, 0) is 42.3 Å². The molecule has 0 aliphatic heterocycles. The second-order valence-corrected chi connectivity index (χ2v) is 8.97. The van der Waals surface area contributed by atoms with Crippen LogP contribution in [0.25, 0.3) is 38.2 Å². The second kappa shape index (κ2) is 8.11. The van der Waals surface area contributed by atoms with Crippen molar-refractivity contribution in [1.29, 1.82) is 0 Å². The Morgan fingerprint density at radius 2 is 1.76 bits per heavy atom. The zero-order chi connectivity index (χ0) is 22.2. The van der Waals surface area contributed by atoms with E-state index in [0.29, 0.717) is 12.4 Å². The van der Waals surface area contributed by atoms with Crippen LogP contribution < -0.4 is 5.32 Å². The van der Waals surface area contributed by atoms with Gasteiger partial charge in [0.05, 0.1) is 16.8 Å². The smallest absolute Gasteiger partial charge is 0.183 e. The van der Waals surface area contributed by atoms with E-state index in [1.807, 2.05) is 66.3 Å². The highest BCUT2D eigenvalue weighted by molar-refractivity contribution is 7.18. The first kappa shape index (κ1) is 19.6. The summed E-state index contributed by atoms with van der Waals surface area (Å²) >= 11 is 1.69. The highest BCUT2D eigenvalue weighted by Gasteiger charge is 2.16. The molecular formula is C26H20N6S. The van der Waals surface area contributed by atoms with Crippen LogP contribution in [0.1, 0.15) is 10.6 Å². The number of hydrogen-bond acceptors (Lipinski definition) is 6. The van der Waals surface area contributed by atoms with Crippen LogP contribution in [0.5, 0.6) is 0 Å². The van der Waals surface area contributed by atoms with Crippen molar-refractivity contribution in [2.24, 2.45) is 0 Å². The lowest BCUT2D eigenvalue weighted by atomic mass is 10.1. The monoisotopic (exact) mass is 448 g/mol. The summed E-state index contributed by atoms with van der Waals surface area (Å²) < 4.78 is 3.08. The van der Waals surface area contributed by atoms with Gasteiger partial charge in [0.15, 0.2) is 11.6 Å². The first-order valence-corrected chi connectivity index (χ1v) is 11.5. The van der Waals surface area contributed by atoms with E-state index < -0.39 is 0 Å². The summed E-state index contributed by atoms with van der Waals surface area (Å²) in [5, 5.41) is 9.35. The van der Waals surface area contributed by atoms with Crippen molar-refractivity contribution in [3.8, 4) is 22.5 Å². The molecule has 4 heterocycles. The molecule has 0 aliphatic carbocycles. The molecule has 2 aromatic carbocycles. The number of fused-ring (bicyclic) bond motifs is 2. The lowest BCUT2D eigenvalue weighted by Gasteiger charge is -2.11. The minimum absolute atomic E-state index is 0.580. The summed E-state index contributed by atoms with van der Waals surface area (Å²) in [6.07, 6.45) is 5.61. The van der Waals surface area contributed by atoms with Crippen LogP contribution in [-0.4, -0.2) is 24.6 Å². The fraction of sp³-hybridized carbons (Fsp3) is 0.0769. The van der Waals surface area contributed by atoms with Crippen molar-refractivity contribution in [3.05, 3.63) is 95.9 Å². The molecule has 0 aliphatic rings. The first-order chi connectivity index (χ1) is 16.2. The third-order valence-electron chi connectivity index (χ3n) is 5.47. The molecule has 6 rings (SSSR count). The number of thiazole rings is 1. The molecule has 0 bridgehead atoms. The first-order valence-electron chi connectivity index (χ1n) is 10.7. The van der Waals surface area contributed by atoms with Crippen LogP contribution in [-0.2, 0) is 6.54 Å². The summed E-state index contributed by atoms with van der Waals surface area (Å²) in [5.74, 6) is 1.39. The predicted molar refractivity (Wildman–Crippen MR) is 133 cm³/mol. The van der Waals surface area contributed by atoms with Crippen LogP contribution in [0.4, 0.5) is 5.82 Å². The highest BCUT2D eigenvalue weighted by atomic mass is 32.1. The molecule has 1 N–H and O–H groups in total. The Labute approximate surface area is 194 Å². The van der Waals surface area contributed by atoms with Gasteiger partial charge in [-0.15, -0.1) is 16.4 Å². The van der Waals surface area contributed by atoms with E-state index in [1.165, 1.54) is 4.70 Å². The molecule has 4 aromatic heterocycles. The Hall–Kier alpha value is -4.10. The van der Waals surface area contributed by atoms with Gasteiger partial charge in [-0.25, -0.2) is 14.5 Å². The van der Waals surface area contributed by atoms with Gasteiger partial charge in [0.2, 0.25) is 0 Å². The van der Waals surface area contributed by atoms with E-state index in [9.17, 15) is 0 Å². The minimum atomic E-state index is 0.580. The van der Waals surface area contributed by atoms with Gasteiger partial charge in [-0.2, -0.15) is 0 Å². The summed E-state index contributed by atoms with van der Waals surface area (Å²) in [4.78, 5) is 14.0. The molecule has 0 saturated carbocycles. The molecule has 0 fully saturated rings. The van der Waals surface area contributed by atoms with Gasteiger partial charge in [0.1, 0.15) is 10.5 Å². The van der Waals surface area contributed by atoms with Crippen LogP contribution >= 0.6 is 11.3 Å². The van der Waals surface area contributed by atoms with Gasteiger partial charge in [0.25, 0.3) is 0 Å². The lowest BCUT2D eigenvalue weighted by Crippen LogP contribution is -2.07. The van der Waals surface area contributed by atoms with Crippen LogP contribution in [0.2, 0.25) is 0 Å². The van der Waals surface area contributed by atoms with Crippen molar-refractivity contribution < 1.29 is 0 Å². The summed E-state index contributed by atoms with van der Waals surface area (Å²) in [7, 11) is 0. The molecule has 160 valence electrons. The molecule has 0 radical (unpaired) electrons. The lowest BCUT2D eigenvalue weighted by molar-refractivity contribution is 0.907. The number of nitrogens with zero attached hydrogens (tertiary/aromatic N) is 5. The van der Waals surface area contributed by atoms with E-state index in [-0.39, 0.29) is 0 Å². The van der Waals surface area contributed by atoms with E-state index in [0.717, 1.165) is 44.1 Å². The maximum Gasteiger partial charge on any atom is 0.183 e. The Morgan fingerprint density at radius 1 is 0.909 bits per heavy atom. The zero-order valence-electron chi connectivity index (χ0n) is 17.9. The van der Waals surface area contributed by atoms with E-state index in [4.69, 9.17) is 15.1 Å². The molecule has 0 amide bonds. The fourth-order valence-corrected chi connectivity index (χ4v) is 4.86. The minimum Gasteiger partial charge on any atom is -0.362 e. The van der Waals surface area contributed by atoms with Crippen LogP contribution in [0.15, 0.2) is 85.3 Å². The molecule has 6 aromatic rings. The molecule has 0 spiro atoms. The zero-order valence-corrected chi connectivity index (χ0v) is 18.8. The summed E-state index contributed by atoms with van der Waals surface area (Å²) in [6, 6.07) is 22.6. The molecule has 0 saturated heterocycles. The Morgan fingerprint density at radius 3 is 2.61 bits per heavy atom. The van der Waals surface area contributed by atoms with Crippen molar-refractivity contribution >= 4 is 32.9 Å². The molecule has 6 nitrogen and oxygen atoms in total.